The van der Waals surface area contributed by atoms with Gasteiger partial charge in [-0.15, -0.1) is 0 Å². The minimum atomic E-state index is 0.534. The zero-order valence-corrected chi connectivity index (χ0v) is 11.4. The highest BCUT2D eigenvalue weighted by molar-refractivity contribution is 5.46. The van der Waals surface area contributed by atoms with Crippen LogP contribution in [-0.4, -0.2) is 16.4 Å². The molecule has 1 heterocycles. The monoisotopic (exact) mass is 257 g/mol. The van der Waals surface area contributed by atoms with Crippen LogP contribution >= 0.6 is 0 Å². The molecule has 4 nitrogen and oxygen atoms in total. The molecule has 4 heteroatoms. The van der Waals surface area contributed by atoms with Crippen molar-refractivity contribution in [2.75, 3.05) is 11.9 Å². The zero-order valence-electron chi connectivity index (χ0n) is 11.4. The standard InChI is InChI=1S/C15H19N3O/c1-4-9-19-14-7-5-13(6-8-14)10-16-15-11-18(3)17-12(15)2/h4-8,11,16H,1,9-10H2,2-3H3. The normalized spacial score (nSPS) is 10.2. The summed E-state index contributed by atoms with van der Waals surface area (Å²) in [5.74, 6) is 0.862. The lowest BCUT2D eigenvalue weighted by Gasteiger charge is -2.07. The molecule has 100 valence electrons. The van der Waals surface area contributed by atoms with Gasteiger partial charge in [-0.25, -0.2) is 0 Å². The second-order valence-electron chi connectivity index (χ2n) is 4.40. The number of nitrogens with zero attached hydrogens (tertiary/aromatic N) is 2. The Balaban J connectivity index is 1.92. The molecule has 0 unspecified atom stereocenters. The third-order valence-electron chi connectivity index (χ3n) is 2.79. The molecule has 0 aliphatic rings. The molecule has 0 amide bonds. The summed E-state index contributed by atoms with van der Waals surface area (Å²) in [6.07, 6.45) is 3.72. The van der Waals surface area contributed by atoms with Gasteiger partial charge in [0.25, 0.3) is 0 Å². The minimum Gasteiger partial charge on any atom is -0.490 e. The van der Waals surface area contributed by atoms with Crippen LogP contribution in [0.25, 0.3) is 0 Å². The quantitative estimate of drug-likeness (QED) is 0.809. The molecule has 1 aromatic heterocycles. The lowest BCUT2D eigenvalue weighted by molar-refractivity contribution is 0.363. The second-order valence-corrected chi connectivity index (χ2v) is 4.40. The van der Waals surface area contributed by atoms with Gasteiger partial charge in [0.2, 0.25) is 0 Å². The zero-order chi connectivity index (χ0) is 13.7. The average Bonchev–Trinajstić information content (AvgIpc) is 2.73. The van der Waals surface area contributed by atoms with Gasteiger partial charge in [0.1, 0.15) is 12.4 Å². The maximum absolute atomic E-state index is 5.44. The fraction of sp³-hybridized carbons (Fsp3) is 0.267. The molecule has 0 saturated heterocycles. The van der Waals surface area contributed by atoms with Crippen molar-refractivity contribution in [3.63, 3.8) is 0 Å². The Hall–Kier alpha value is -2.23. The van der Waals surface area contributed by atoms with Crippen molar-refractivity contribution in [3.05, 3.63) is 54.4 Å². The predicted molar refractivity (Wildman–Crippen MR) is 77.4 cm³/mol. The van der Waals surface area contributed by atoms with Crippen molar-refractivity contribution in [3.8, 4) is 5.75 Å². The molecule has 2 aromatic rings. The Morgan fingerprint density at radius 2 is 2.11 bits per heavy atom. The summed E-state index contributed by atoms with van der Waals surface area (Å²) in [5.41, 5.74) is 3.28. The van der Waals surface area contributed by atoms with Crippen LogP contribution < -0.4 is 10.1 Å². The molecule has 0 aliphatic heterocycles. The first-order valence-electron chi connectivity index (χ1n) is 6.26. The van der Waals surface area contributed by atoms with E-state index >= 15 is 0 Å². The van der Waals surface area contributed by atoms with E-state index in [1.165, 1.54) is 5.56 Å². The topological polar surface area (TPSA) is 39.1 Å². The third-order valence-corrected chi connectivity index (χ3v) is 2.79. The smallest absolute Gasteiger partial charge is 0.119 e. The first-order chi connectivity index (χ1) is 9.19. The van der Waals surface area contributed by atoms with E-state index in [2.05, 4.69) is 29.1 Å². The maximum atomic E-state index is 5.44. The van der Waals surface area contributed by atoms with Crippen LogP contribution in [0.4, 0.5) is 5.69 Å². The summed E-state index contributed by atoms with van der Waals surface area (Å²) in [6, 6.07) is 8.04. The summed E-state index contributed by atoms with van der Waals surface area (Å²) in [7, 11) is 1.92. The highest BCUT2D eigenvalue weighted by Crippen LogP contribution is 2.15. The van der Waals surface area contributed by atoms with Gasteiger partial charge in [-0.3, -0.25) is 4.68 Å². The van der Waals surface area contributed by atoms with E-state index in [9.17, 15) is 0 Å². The fourth-order valence-electron chi connectivity index (χ4n) is 1.83. The Labute approximate surface area is 113 Å². The van der Waals surface area contributed by atoms with E-state index in [1.807, 2.05) is 37.0 Å². The summed E-state index contributed by atoms with van der Waals surface area (Å²) in [5, 5.41) is 7.67. The molecular formula is C15H19N3O. The molecule has 0 spiro atoms. The molecule has 0 bridgehead atoms. The second kappa shape index (κ2) is 6.09. The van der Waals surface area contributed by atoms with Gasteiger partial charge < -0.3 is 10.1 Å². The summed E-state index contributed by atoms with van der Waals surface area (Å²) >= 11 is 0. The number of ether oxygens (including phenoxy) is 1. The predicted octanol–water partition coefficient (Wildman–Crippen LogP) is 2.91. The minimum absolute atomic E-state index is 0.534. The van der Waals surface area contributed by atoms with Gasteiger partial charge in [-0.05, 0) is 24.6 Å². The Kier molecular flexibility index (Phi) is 4.23. The summed E-state index contributed by atoms with van der Waals surface area (Å²) < 4.78 is 7.25. The van der Waals surface area contributed by atoms with Gasteiger partial charge in [0.15, 0.2) is 0 Å². The van der Waals surface area contributed by atoms with Crippen molar-refractivity contribution in [1.82, 2.24) is 9.78 Å². The van der Waals surface area contributed by atoms with Gasteiger partial charge in [-0.2, -0.15) is 5.10 Å². The van der Waals surface area contributed by atoms with Crippen LogP contribution in [0.15, 0.2) is 43.1 Å². The number of aryl methyl sites for hydroxylation is 2. The van der Waals surface area contributed by atoms with Crippen LogP contribution in [0.1, 0.15) is 11.3 Å². The summed E-state index contributed by atoms with van der Waals surface area (Å²) in [4.78, 5) is 0. The molecule has 0 fully saturated rings. The molecule has 0 aliphatic carbocycles. The van der Waals surface area contributed by atoms with Crippen molar-refractivity contribution in [2.45, 2.75) is 13.5 Å². The number of aromatic nitrogens is 2. The van der Waals surface area contributed by atoms with Crippen molar-refractivity contribution >= 4 is 5.69 Å². The van der Waals surface area contributed by atoms with Gasteiger partial charge in [0.05, 0.1) is 11.4 Å². The van der Waals surface area contributed by atoms with Crippen molar-refractivity contribution in [1.29, 1.82) is 0 Å². The lowest BCUT2D eigenvalue weighted by Crippen LogP contribution is -2.00. The molecule has 0 saturated carbocycles. The molecule has 1 aromatic carbocycles. The van der Waals surface area contributed by atoms with Crippen LogP contribution in [0, 0.1) is 6.92 Å². The van der Waals surface area contributed by atoms with Crippen molar-refractivity contribution in [2.24, 2.45) is 7.05 Å². The van der Waals surface area contributed by atoms with Crippen LogP contribution in [0.5, 0.6) is 5.75 Å². The SMILES string of the molecule is C=CCOc1ccc(CNc2cn(C)nc2C)cc1. The van der Waals surface area contributed by atoms with E-state index in [0.29, 0.717) is 6.61 Å². The fourth-order valence-corrected chi connectivity index (χ4v) is 1.83. The summed E-state index contributed by atoms with van der Waals surface area (Å²) in [6.45, 7) is 6.92. The Bertz CT molecular complexity index is 543. The van der Waals surface area contributed by atoms with Crippen LogP contribution in [0.2, 0.25) is 0 Å². The lowest BCUT2D eigenvalue weighted by atomic mass is 10.2. The molecule has 1 N–H and O–H groups in total. The van der Waals surface area contributed by atoms with Gasteiger partial charge in [-0.1, -0.05) is 24.8 Å². The molecule has 2 rings (SSSR count). The number of benzene rings is 1. The first-order valence-corrected chi connectivity index (χ1v) is 6.26. The molecule has 19 heavy (non-hydrogen) atoms. The molecule has 0 atom stereocenters. The van der Waals surface area contributed by atoms with E-state index in [-0.39, 0.29) is 0 Å². The van der Waals surface area contributed by atoms with Gasteiger partial charge >= 0.3 is 0 Å². The highest BCUT2D eigenvalue weighted by Gasteiger charge is 2.02. The number of hydrogen-bond donors (Lipinski definition) is 1. The highest BCUT2D eigenvalue weighted by atomic mass is 16.5. The Morgan fingerprint density at radius 1 is 1.37 bits per heavy atom. The molecular weight excluding hydrogens is 238 g/mol. The van der Waals surface area contributed by atoms with Gasteiger partial charge in [0, 0.05) is 19.8 Å². The van der Waals surface area contributed by atoms with E-state index in [4.69, 9.17) is 4.74 Å². The Morgan fingerprint density at radius 3 is 2.68 bits per heavy atom. The van der Waals surface area contributed by atoms with Crippen molar-refractivity contribution < 1.29 is 4.74 Å². The number of nitrogens with one attached hydrogen (secondary N) is 1. The average molecular weight is 257 g/mol. The van der Waals surface area contributed by atoms with E-state index < -0.39 is 0 Å². The number of hydrogen-bond acceptors (Lipinski definition) is 3. The maximum Gasteiger partial charge on any atom is 0.119 e. The van der Waals surface area contributed by atoms with E-state index in [0.717, 1.165) is 23.7 Å². The van der Waals surface area contributed by atoms with Crippen LogP contribution in [0.3, 0.4) is 0 Å². The number of rotatable bonds is 6. The van der Waals surface area contributed by atoms with Crippen LogP contribution in [-0.2, 0) is 13.6 Å². The first kappa shape index (κ1) is 13.2. The third kappa shape index (κ3) is 3.61. The van der Waals surface area contributed by atoms with E-state index in [1.54, 1.807) is 6.08 Å². The number of anilines is 1. The largest absolute Gasteiger partial charge is 0.490 e. The molecule has 0 radical (unpaired) electrons.